The first-order valence-corrected chi connectivity index (χ1v) is 6.23. The van der Waals surface area contributed by atoms with Gasteiger partial charge in [-0.05, 0) is 50.2 Å². The van der Waals surface area contributed by atoms with E-state index in [9.17, 15) is 0 Å². The number of likely N-dealkylation sites (N-methyl/N-ethyl adjacent to an activating group) is 1. The molecular weight excluding hydrogens is 210 g/mol. The Hall–Kier alpha value is -1.53. The second-order valence-electron chi connectivity index (χ2n) is 4.63. The first-order valence-electron chi connectivity index (χ1n) is 6.23. The van der Waals surface area contributed by atoms with Crippen LogP contribution in [0.25, 0.3) is 0 Å². The molecule has 0 amide bonds. The number of hydrogen-bond donors (Lipinski definition) is 0. The van der Waals surface area contributed by atoms with Gasteiger partial charge in [0.15, 0.2) is 0 Å². The molecule has 1 heterocycles. The lowest BCUT2D eigenvalue weighted by Crippen LogP contribution is -2.31. The summed E-state index contributed by atoms with van der Waals surface area (Å²) >= 11 is 0. The van der Waals surface area contributed by atoms with Crippen LogP contribution in [0.1, 0.15) is 18.4 Å². The standard InChI is InChI=1S/C14H19N3/c1-16(10-11-17-8-2-3-9-17)14-6-4-13(12-15)5-7-14/h4-7H,2-3,8-11H2,1H3. The predicted molar refractivity (Wildman–Crippen MR) is 70.1 cm³/mol. The minimum Gasteiger partial charge on any atom is -0.373 e. The van der Waals surface area contributed by atoms with Gasteiger partial charge >= 0.3 is 0 Å². The second-order valence-corrected chi connectivity index (χ2v) is 4.63. The average Bonchev–Trinajstić information content (AvgIpc) is 2.89. The van der Waals surface area contributed by atoms with Gasteiger partial charge in [-0.25, -0.2) is 0 Å². The SMILES string of the molecule is CN(CCN1CCCC1)c1ccc(C#N)cc1. The Labute approximate surface area is 103 Å². The van der Waals surface area contributed by atoms with Crippen LogP contribution < -0.4 is 4.90 Å². The highest BCUT2D eigenvalue weighted by Gasteiger charge is 2.11. The van der Waals surface area contributed by atoms with E-state index < -0.39 is 0 Å². The summed E-state index contributed by atoms with van der Waals surface area (Å²) < 4.78 is 0. The minimum absolute atomic E-state index is 0.724. The zero-order valence-corrected chi connectivity index (χ0v) is 10.4. The van der Waals surface area contributed by atoms with Crippen molar-refractivity contribution in [3.05, 3.63) is 29.8 Å². The van der Waals surface area contributed by atoms with E-state index in [0.29, 0.717) is 0 Å². The molecule has 3 nitrogen and oxygen atoms in total. The van der Waals surface area contributed by atoms with Crippen LogP contribution in [0.15, 0.2) is 24.3 Å². The van der Waals surface area contributed by atoms with Crippen molar-refractivity contribution < 1.29 is 0 Å². The molecule has 90 valence electrons. The molecule has 0 aromatic heterocycles. The summed E-state index contributed by atoms with van der Waals surface area (Å²) in [5.74, 6) is 0. The molecule has 1 aromatic carbocycles. The summed E-state index contributed by atoms with van der Waals surface area (Å²) in [5, 5.41) is 8.74. The van der Waals surface area contributed by atoms with Gasteiger partial charge in [0.05, 0.1) is 11.6 Å². The number of nitriles is 1. The van der Waals surface area contributed by atoms with Crippen molar-refractivity contribution in [1.82, 2.24) is 4.90 Å². The Balaban J connectivity index is 1.85. The van der Waals surface area contributed by atoms with Gasteiger partial charge in [-0.15, -0.1) is 0 Å². The van der Waals surface area contributed by atoms with Gasteiger partial charge in [0, 0.05) is 25.8 Å². The lowest BCUT2D eigenvalue weighted by Gasteiger charge is -2.23. The quantitative estimate of drug-likeness (QED) is 0.792. The molecule has 0 N–H and O–H groups in total. The molecule has 0 radical (unpaired) electrons. The molecule has 1 fully saturated rings. The van der Waals surface area contributed by atoms with Crippen molar-refractivity contribution in [1.29, 1.82) is 5.26 Å². The van der Waals surface area contributed by atoms with Crippen LogP contribution in [0.5, 0.6) is 0 Å². The van der Waals surface area contributed by atoms with Crippen LogP contribution in [-0.2, 0) is 0 Å². The van der Waals surface area contributed by atoms with Crippen LogP contribution in [0.4, 0.5) is 5.69 Å². The normalized spacial score (nSPS) is 15.8. The lowest BCUT2D eigenvalue weighted by molar-refractivity contribution is 0.346. The first-order chi connectivity index (χ1) is 8.29. The van der Waals surface area contributed by atoms with Crippen LogP contribution in [0, 0.1) is 11.3 Å². The summed E-state index contributed by atoms with van der Waals surface area (Å²) in [6.45, 7) is 4.69. The number of benzene rings is 1. The Bertz CT molecular complexity index is 385. The summed E-state index contributed by atoms with van der Waals surface area (Å²) in [4.78, 5) is 4.76. The molecule has 17 heavy (non-hydrogen) atoms. The molecule has 1 aromatic rings. The molecular formula is C14H19N3. The van der Waals surface area contributed by atoms with Crippen molar-refractivity contribution in [3.63, 3.8) is 0 Å². The third-order valence-electron chi connectivity index (χ3n) is 3.39. The number of hydrogen-bond acceptors (Lipinski definition) is 3. The van der Waals surface area contributed by atoms with Crippen molar-refractivity contribution in [2.24, 2.45) is 0 Å². The molecule has 0 atom stereocenters. The van der Waals surface area contributed by atoms with Crippen LogP contribution in [-0.4, -0.2) is 38.1 Å². The third kappa shape index (κ3) is 3.21. The molecule has 0 aliphatic carbocycles. The second kappa shape index (κ2) is 5.70. The molecule has 0 spiro atoms. The van der Waals surface area contributed by atoms with Gasteiger partial charge in [0.25, 0.3) is 0 Å². The Morgan fingerprint density at radius 1 is 1.24 bits per heavy atom. The molecule has 3 heteroatoms. The van der Waals surface area contributed by atoms with Crippen LogP contribution >= 0.6 is 0 Å². The fraction of sp³-hybridized carbons (Fsp3) is 0.500. The largest absolute Gasteiger partial charge is 0.373 e. The maximum atomic E-state index is 8.74. The third-order valence-corrected chi connectivity index (χ3v) is 3.39. The molecule has 2 rings (SSSR count). The van der Waals surface area contributed by atoms with E-state index in [4.69, 9.17) is 5.26 Å². The zero-order valence-electron chi connectivity index (χ0n) is 10.4. The van der Waals surface area contributed by atoms with E-state index in [1.807, 2.05) is 24.3 Å². The van der Waals surface area contributed by atoms with Gasteiger partial charge in [-0.1, -0.05) is 0 Å². The maximum Gasteiger partial charge on any atom is 0.0991 e. The predicted octanol–water partition coefficient (Wildman–Crippen LogP) is 2.09. The number of rotatable bonds is 4. The van der Waals surface area contributed by atoms with Gasteiger partial charge in [0.2, 0.25) is 0 Å². The highest BCUT2D eigenvalue weighted by Crippen LogP contribution is 2.14. The maximum absolute atomic E-state index is 8.74. The summed E-state index contributed by atoms with van der Waals surface area (Å²) in [6.07, 6.45) is 2.70. The van der Waals surface area contributed by atoms with Crippen molar-refractivity contribution in [2.75, 3.05) is 38.1 Å². The van der Waals surface area contributed by atoms with Gasteiger partial charge in [-0.2, -0.15) is 5.26 Å². The van der Waals surface area contributed by atoms with E-state index in [1.54, 1.807) is 0 Å². The van der Waals surface area contributed by atoms with Gasteiger partial charge in [-0.3, -0.25) is 0 Å². The number of anilines is 1. The summed E-state index contributed by atoms with van der Waals surface area (Å²) in [5.41, 5.74) is 1.91. The van der Waals surface area contributed by atoms with Crippen LogP contribution in [0.2, 0.25) is 0 Å². The topological polar surface area (TPSA) is 30.3 Å². The molecule has 0 unspecified atom stereocenters. The van der Waals surface area contributed by atoms with Gasteiger partial charge < -0.3 is 9.80 Å². The Morgan fingerprint density at radius 2 is 1.88 bits per heavy atom. The van der Waals surface area contributed by atoms with Crippen LogP contribution in [0.3, 0.4) is 0 Å². The number of nitrogens with zero attached hydrogens (tertiary/aromatic N) is 3. The monoisotopic (exact) mass is 229 g/mol. The van der Waals surface area contributed by atoms with E-state index in [0.717, 1.165) is 18.7 Å². The molecule has 0 saturated carbocycles. The lowest BCUT2D eigenvalue weighted by atomic mass is 10.2. The molecule has 1 aliphatic rings. The molecule has 1 saturated heterocycles. The Morgan fingerprint density at radius 3 is 2.47 bits per heavy atom. The van der Waals surface area contributed by atoms with Gasteiger partial charge in [0.1, 0.15) is 0 Å². The average molecular weight is 229 g/mol. The highest BCUT2D eigenvalue weighted by atomic mass is 15.2. The van der Waals surface area contributed by atoms with E-state index in [2.05, 4.69) is 22.9 Å². The van der Waals surface area contributed by atoms with Crippen molar-refractivity contribution in [3.8, 4) is 6.07 Å². The fourth-order valence-corrected chi connectivity index (χ4v) is 2.22. The van der Waals surface area contributed by atoms with E-state index in [1.165, 1.54) is 31.6 Å². The van der Waals surface area contributed by atoms with E-state index in [-0.39, 0.29) is 0 Å². The molecule has 1 aliphatic heterocycles. The van der Waals surface area contributed by atoms with E-state index >= 15 is 0 Å². The Kier molecular flexibility index (Phi) is 4.00. The first kappa shape index (κ1) is 11.9. The summed E-state index contributed by atoms with van der Waals surface area (Å²) in [7, 11) is 2.11. The number of likely N-dealkylation sites (tertiary alicyclic amines) is 1. The van der Waals surface area contributed by atoms with Crippen molar-refractivity contribution in [2.45, 2.75) is 12.8 Å². The van der Waals surface area contributed by atoms with Crippen molar-refractivity contribution >= 4 is 5.69 Å². The smallest absolute Gasteiger partial charge is 0.0991 e. The minimum atomic E-state index is 0.724. The fourth-order valence-electron chi connectivity index (χ4n) is 2.22. The molecule has 0 bridgehead atoms. The highest BCUT2D eigenvalue weighted by molar-refractivity contribution is 5.48. The summed E-state index contributed by atoms with van der Waals surface area (Å²) in [6, 6.07) is 9.93. The zero-order chi connectivity index (χ0) is 12.1.